The average Bonchev–Trinajstić information content (AvgIpc) is 3.27. The zero-order valence-electron chi connectivity index (χ0n) is 13.2. The van der Waals surface area contributed by atoms with Crippen molar-refractivity contribution in [1.82, 2.24) is 0 Å². The zero-order chi connectivity index (χ0) is 14.5. The van der Waals surface area contributed by atoms with Gasteiger partial charge in [-0.15, -0.1) is 0 Å². The maximum Gasteiger partial charge on any atom is 0.330 e. The Labute approximate surface area is 125 Å². The van der Waals surface area contributed by atoms with Crippen molar-refractivity contribution in [2.24, 2.45) is 5.92 Å². The van der Waals surface area contributed by atoms with E-state index in [-0.39, 0.29) is 5.97 Å². The molecule has 0 radical (unpaired) electrons. The SMILES string of the molecule is COC(=O)/C=C/CCCCCCCCCCCC1CC1. The predicted octanol–water partition coefficient (Wildman–Crippen LogP) is 5.42. The second kappa shape index (κ2) is 12.0. The summed E-state index contributed by atoms with van der Waals surface area (Å²) in [5, 5.41) is 0. The molecule has 0 unspecified atom stereocenters. The van der Waals surface area contributed by atoms with Crippen LogP contribution in [0.4, 0.5) is 0 Å². The monoisotopic (exact) mass is 280 g/mol. The van der Waals surface area contributed by atoms with E-state index >= 15 is 0 Å². The van der Waals surface area contributed by atoms with Crippen molar-refractivity contribution < 1.29 is 9.53 Å². The normalized spacial score (nSPS) is 14.8. The molecule has 0 bridgehead atoms. The highest BCUT2D eigenvalue weighted by molar-refractivity contribution is 5.81. The number of carbonyl (C=O) groups is 1. The van der Waals surface area contributed by atoms with Gasteiger partial charge in [-0.25, -0.2) is 4.79 Å². The van der Waals surface area contributed by atoms with Gasteiger partial charge in [0.05, 0.1) is 7.11 Å². The van der Waals surface area contributed by atoms with E-state index in [0.717, 1.165) is 12.3 Å². The maximum absolute atomic E-state index is 10.8. The van der Waals surface area contributed by atoms with Gasteiger partial charge < -0.3 is 4.74 Å². The molecular weight excluding hydrogens is 248 g/mol. The third-order valence-corrected chi connectivity index (χ3v) is 4.14. The van der Waals surface area contributed by atoms with Crippen molar-refractivity contribution in [2.75, 3.05) is 7.11 Å². The fourth-order valence-electron chi connectivity index (χ4n) is 2.59. The largest absolute Gasteiger partial charge is 0.466 e. The number of hydrogen-bond acceptors (Lipinski definition) is 2. The lowest BCUT2D eigenvalue weighted by Crippen LogP contribution is -1.93. The number of ether oxygens (including phenoxy) is 1. The Hall–Kier alpha value is -0.790. The van der Waals surface area contributed by atoms with Crippen LogP contribution < -0.4 is 0 Å². The molecule has 0 spiro atoms. The second-order valence-electron chi connectivity index (χ2n) is 6.13. The van der Waals surface area contributed by atoms with Crippen molar-refractivity contribution in [3.63, 3.8) is 0 Å². The summed E-state index contributed by atoms with van der Waals surface area (Å²) >= 11 is 0. The van der Waals surface area contributed by atoms with Gasteiger partial charge in [0.15, 0.2) is 0 Å². The summed E-state index contributed by atoms with van der Waals surface area (Å²) in [4.78, 5) is 10.8. The van der Waals surface area contributed by atoms with Gasteiger partial charge in [-0.2, -0.15) is 0 Å². The second-order valence-corrected chi connectivity index (χ2v) is 6.13. The Morgan fingerprint density at radius 3 is 2.05 bits per heavy atom. The molecule has 2 nitrogen and oxygen atoms in total. The van der Waals surface area contributed by atoms with Crippen LogP contribution in [0, 0.1) is 5.92 Å². The molecular formula is C18H32O2. The molecule has 0 aromatic heterocycles. The number of esters is 1. The first kappa shape index (κ1) is 17.3. The molecule has 1 aliphatic rings. The number of unbranched alkanes of at least 4 members (excludes halogenated alkanes) is 9. The Morgan fingerprint density at radius 2 is 1.50 bits per heavy atom. The summed E-state index contributed by atoms with van der Waals surface area (Å²) in [6, 6.07) is 0. The van der Waals surface area contributed by atoms with Gasteiger partial charge in [0.2, 0.25) is 0 Å². The number of hydrogen-bond donors (Lipinski definition) is 0. The Bertz CT molecular complexity index is 267. The van der Waals surface area contributed by atoms with E-state index in [4.69, 9.17) is 0 Å². The zero-order valence-corrected chi connectivity index (χ0v) is 13.2. The quantitative estimate of drug-likeness (QED) is 0.256. The smallest absolute Gasteiger partial charge is 0.330 e. The summed E-state index contributed by atoms with van der Waals surface area (Å²) in [6.45, 7) is 0. The van der Waals surface area contributed by atoms with E-state index in [1.807, 2.05) is 6.08 Å². The number of carbonyl (C=O) groups excluding carboxylic acids is 1. The van der Waals surface area contributed by atoms with Gasteiger partial charge in [0.1, 0.15) is 0 Å². The van der Waals surface area contributed by atoms with Crippen LogP contribution in [0.1, 0.15) is 83.5 Å². The van der Waals surface area contributed by atoms with E-state index in [9.17, 15) is 4.79 Å². The molecule has 0 atom stereocenters. The van der Waals surface area contributed by atoms with Crippen LogP contribution in [0.3, 0.4) is 0 Å². The van der Waals surface area contributed by atoms with E-state index in [1.165, 1.54) is 90.2 Å². The minimum absolute atomic E-state index is 0.244. The summed E-state index contributed by atoms with van der Waals surface area (Å²) in [6.07, 6.45) is 21.3. The van der Waals surface area contributed by atoms with Crippen molar-refractivity contribution in [3.05, 3.63) is 12.2 Å². The lowest BCUT2D eigenvalue weighted by atomic mass is 10.0. The van der Waals surface area contributed by atoms with Crippen molar-refractivity contribution in [2.45, 2.75) is 83.5 Å². The first-order valence-electron chi connectivity index (χ1n) is 8.57. The maximum atomic E-state index is 10.8. The Balaban J connectivity index is 1.69. The summed E-state index contributed by atoms with van der Waals surface area (Å²) < 4.78 is 4.54. The van der Waals surface area contributed by atoms with Crippen LogP contribution in [-0.2, 0) is 9.53 Å². The Kier molecular flexibility index (Phi) is 10.3. The molecule has 0 heterocycles. The van der Waals surface area contributed by atoms with E-state index in [0.29, 0.717) is 0 Å². The summed E-state index contributed by atoms with van der Waals surface area (Å²) in [5.41, 5.74) is 0. The van der Waals surface area contributed by atoms with Gasteiger partial charge in [-0.1, -0.05) is 76.7 Å². The summed E-state index contributed by atoms with van der Waals surface area (Å²) in [5.74, 6) is 0.870. The average molecular weight is 280 g/mol. The molecule has 0 aliphatic heterocycles. The molecule has 1 fully saturated rings. The van der Waals surface area contributed by atoms with Crippen LogP contribution in [0.5, 0.6) is 0 Å². The van der Waals surface area contributed by atoms with Crippen LogP contribution in [0.2, 0.25) is 0 Å². The van der Waals surface area contributed by atoms with Crippen molar-refractivity contribution in [3.8, 4) is 0 Å². The highest BCUT2D eigenvalue weighted by Gasteiger charge is 2.19. The van der Waals surface area contributed by atoms with Gasteiger partial charge in [-0.3, -0.25) is 0 Å². The van der Waals surface area contributed by atoms with Crippen LogP contribution in [0.15, 0.2) is 12.2 Å². The third kappa shape index (κ3) is 11.1. The highest BCUT2D eigenvalue weighted by atomic mass is 16.5. The Morgan fingerprint density at radius 1 is 0.950 bits per heavy atom. The third-order valence-electron chi connectivity index (χ3n) is 4.14. The molecule has 0 aromatic rings. The van der Waals surface area contributed by atoms with Crippen molar-refractivity contribution >= 4 is 5.97 Å². The molecule has 2 heteroatoms. The van der Waals surface area contributed by atoms with Crippen LogP contribution >= 0.6 is 0 Å². The topological polar surface area (TPSA) is 26.3 Å². The molecule has 116 valence electrons. The molecule has 1 aliphatic carbocycles. The number of methoxy groups -OCH3 is 1. The first-order valence-corrected chi connectivity index (χ1v) is 8.57. The van der Waals surface area contributed by atoms with E-state index in [1.54, 1.807) is 0 Å². The minimum atomic E-state index is -0.244. The van der Waals surface area contributed by atoms with Gasteiger partial charge in [0.25, 0.3) is 0 Å². The number of rotatable bonds is 13. The molecule has 20 heavy (non-hydrogen) atoms. The predicted molar refractivity (Wildman–Crippen MR) is 84.7 cm³/mol. The lowest BCUT2D eigenvalue weighted by molar-refractivity contribution is -0.134. The van der Waals surface area contributed by atoms with Crippen LogP contribution in [-0.4, -0.2) is 13.1 Å². The van der Waals surface area contributed by atoms with Gasteiger partial charge in [0, 0.05) is 6.08 Å². The highest BCUT2D eigenvalue weighted by Crippen LogP contribution is 2.34. The standard InChI is InChI=1S/C18H32O2/c1-20-18(19)14-12-10-8-6-4-2-3-5-7-9-11-13-17-15-16-17/h12,14,17H,2-11,13,15-16H2,1H3/b14-12+. The molecule has 1 rings (SSSR count). The van der Waals surface area contributed by atoms with Crippen LogP contribution in [0.25, 0.3) is 0 Å². The minimum Gasteiger partial charge on any atom is -0.466 e. The molecule has 1 saturated carbocycles. The van der Waals surface area contributed by atoms with E-state index in [2.05, 4.69) is 4.74 Å². The molecule has 0 saturated heterocycles. The van der Waals surface area contributed by atoms with Gasteiger partial charge >= 0.3 is 5.97 Å². The van der Waals surface area contributed by atoms with Gasteiger partial charge in [-0.05, 0) is 18.8 Å². The fraction of sp³-hybridized carbons (Fsp3) is 0.833. The number of allylic oxidation sites excluding steroid dienone is 1. The molecule has 0 amide bonds. The lowest BCUT2D eigenvalue weighted by Gasteiger charge is -2.02. The fourth-order valence-corrected chi connectivity index (χ4v) is 2.59. The molecule has 0 aromatic carbocycles. The summed E-state index contributed by atoms with van der Waals surface area (Å²) in [7, 11) is 1.42. The van der Waals surface area contributed by atoms with E-state index < -0.39 is 0 Å². The first-order chi connectivity index (χ1) is 9.83. The van der Waals surface area contributed by atoms with Crippen molar-refractivity contribution in [1.29, 1.82) is 0 Å². The molecule has 0 N–H and O–H groups in total.